The maximum absolute atomic E-state index is 12.2. The molecule has 8 heteroatoms. The van der Waals surface area contributed by atoms with Gasteiger partial charge >= 0.3 is 0 Å². The third-order valence-electron chi connectivity index (χ3n) is 4.09. The summed E-state index contributed by atoms with van der Waals surface area (Å²) >= 11 is 0. The van der Waals surface area contributed by atoms with Crippen molar-refractivity contribution in [2.45, 2.75) is 26.2 Å². The van der Waals surface area contributed by atoms with Gasteiger partial charge in [0.15, 0.2) is 11.5 Å². The van der Waals surface area contributed by atoms with Crippen LogP contribution in [0.4, 0.5) is 0 Å². The van der Waals surface area contributed by atoms with Crippen molar-refractivity contribution < 1.29 is 28.2 Å². The average Bonchev–Trinajstić information content (AvgIpc) is 3.04. The molecule has 1 aromatic carbocycles. The van der Waals surface area contributed by atoms with Crippen LogP contribution in [0, 0.1) is 6.92 Å². The van der Waals surface area contributed by atoms with Crippen molar-refractivity contribution in [2.75, 3.05) is 34.5 Å². The molecule has 2 aromatic rings. The highest BCUT2D eigenvalue weighted by Crippen LogP contribution is 2.32. The molecule has 1 N–H and O–H groups in total. The number of nitrogens with one attached hydrogen (secondary N) is 1. The molecule has 0 saturated heterocycles. The molecule has 8 nitrogen and oxygen atoms in total. The van der Waals surface area contributed by atoms with Crippen LogP contribution in [0.15, 0.2) is 22.6 Å². The zero-order chi connectivity index (χ0) is 20.5. The van der Waals surface area contributed by atoms with Crippen LogP contribution >= 0.6 is 0 Å². The first kappa shape index (κ1) is 21.4. The maximum Gasteiger partial charge on any atom is 0.227 e. The van der Waals surface area contributed by atoms with E-state index in [2.05, 4.69) is 10.3 Å². The fourth-order valence-electron chi connectivity index (χ4n) is 2.62. The lowest BCUT2D eigenvalue weighted by Gasteiger charge is -2.07. The molecule has 0 atom stereocenters. The van der Waals surface area contributed by atoms with Gasteiger partial charge in [0.2, 0.25) is 11.8 Å². The second-order valence-electron chi connectivity index (χ2n) is 6.18. The Bertz CT molecular complexity index is 815. The Labute approximate surface area is 164 Å². The van der Waals surface area contributed by atoms with Crippen LogP contribution in [0.25, 0.3) is 11.5 Å². The zero-order valence-electron chi connectivity index (χ0n) is 16.7. The molecule has 1 heterocycles. The Morgan fingerprint density at radius 2 is 1.89 bits per heavy atom. The van der Waals surface area contributed by atoms with Crippen molar-refractivity contribution in [2.24, 2.45) is 0 Å². The van der Waals surface area contributed by atoms with E-state index >= 15 is 0 Å². The second kappa shape index (κ2) is 10.5. The summed E-state index contributed by atoms with van der Waals surface area (Å²) in [5.74, 6) is 1.55. The van der Waals surface area contributed by atoms with Gasteiger partial charge in [-0.3, -0.25) is 9.59 Å². The second-order valence-corrected chi connectivity index (χ2v) is 6.18. The standard InChI is InChI=1S/C20H26N2O6/c1-13-16(11-15(23)12-19(24)21-8-5-9-25-2)22-20(28-13)14-6-7-17(26-3)18(10-14)27-4/h6-7,10H,5,8-9,11-12H2,1-4H3,(H,21,24). The lowest BCUT2D eigenvalue weighted by atomic mass is 10.1. The fourth-order valence-corrected chi connectivity index (χ4v) is 2.62. The molecule has 0 aliphatic rings. The SMILES string of the molecule is COCCCNC(=O)CC(=O)Cc1nc(-c2ccc(OC)c(OC)c2)oc1C. The number of rotatable bonds is 11. The summed E-state index contributed by atoms with van der Waals surface area (Å²) in [5.41, 5.74) is 1.22. The number of oxazole rings is 1. The molecule has 152 valence electrons. The van der Waals surface area contributed by atoms with Crippen molar-refractivity contribution in [3.63, 3.8) is 0 Å². The minimum absolute atomic E-state index is 0.0358. The predicted octanol–water partition coefficient (Wildman–Crippen LogP) is 2.32. The Morgan fingerprint density at radius 3 is 2.57 bits per heavy atom. The number of carbonyl (C=O) groups is 2. The number of aryl methyl sites for hydroxylation is 1. The van der Waals surface area contributed by atoms with Gasteiger partial charge in [0.25, 0.3) is 0 Å². The monoisotopic (exact) mass is 390 g/mol. The number of amides is 1. The van der Waals surface area contributed by atoms with Crippen LogP contribution in [0.3, 0.4) is 0 Å². The molecular formula is C20H26N2O6. The van der Waals surface area contributed by atoms with Gasteiger partial charge in [0.1, 0.15) is 11.5 Å². The van der Waals surface area contributed by atoms with Crippen LogP contribution in [0.1, 0.15) is 24.3 Å². The van der Waals surface area contributed by atoms with Crippen molar-refractivity contribution >= 4 is 11.7 Å². The number of methoxy groups -OCH3 is 3. The van der Waals surface area contributed by atoms with E-state index in [1.165, 1.54) is 0 Å². The highest BCUT2D eigenvalue weighted by Gasteiger charge is 2.18. The lowest BCUT2D eigenvalue weighted by Crippen LogP contribution is -2.27. The topological polar surface area (TPSA) is 99.9 Å². The Balaban J connectivity index is 2.00. The van der Waals surface area contributed by atoms with Crippen LogP contribution in [-0.4, -0.2) is 51.2 Å². The number of ether oxygens (including phenoxy) is 3. The van der Waals surface area contributed by atoms with E-state index in [4.69, 9.17) is 18.6 Å². The van der Waals surface area contributed by atoms with Crippen molar-refractivity contribution in [1.82, 2.24) is 10.3 Å². The van der Waals surface area contributed by atoms with Gasteiger partial charge in [0, 0.05) is 25.8 Å². The summed E-state index contributed by atoms with van der Waals surface area (Å²) in [5, 5.41) is 2.69. The van der Waals surface area contributed by atoms with Crippen LogP contribution < -0.4 is 14.8 Å². The predicted molar refractivity (Wildman–Crippen MR) is 103 cm³/mol. The molecule has 0 bridgehead atoms. The van der Waals surface area contributed by atoms with E-state index in [0.29, 0.717) is 54.0 Å². The largest absolute Gasteiger partial charge is 0.493 e. The summed E-state index contributed by atoms with van der Waals surface area (Å²) < 4.78 is 21.1. The molecule has 2 rings (SSSR count). The summed E-state index contributed by atoms with van der Waals surface area (Å²) in [6, 6.07) is 5.31. The fraction of sp³-hybridized carbons (Fsp3) is 0.450. The molecular weight excluding hydrogens is 364 g/mol. The number of benzene rings is 1. The molecule has 1 amide bonds. The minimum atomic E-state index is -0.303. The van der Waals surface area contributed by atoms with Gasteiger partial charge in [-0.2, -0.15) is 0 Å². The highest BCUT2D eigenvalue weighted by molar-refractivity contribution is 5.98. The molecule has 0 radical (unpaired) electrons. The third-order valence-corrected chi connectivity index (χ3v) is 4.09. The first-order chi connectivity index (χ1) is 13.5. The summed E-state index contributed by atoms with van der Waals surface area (Å²) in [6.07, 6.45) is 0.548. The zero-order valence-corrected chi connectivity index (χ0v) is 16.7. The van der Waals surface area contributed by atoms with Crippen molar-refractivity contribution in [1.29, 1.82) is 0 Å². The number of hydrogen-bond donors (Lipinski definition) is 1. The molecule has 0 aliphatic heterocycles. The van der Waals surface area contributed by atoms with Crippen molar-refractivity contribution in [3.05, 3.63) is 29.7 Å². The maximum atomic E-state index is 12.2. The van der Waals surface area contributed by atoms with Crippen molar-refractivity contribution in [3.8, 4) is 23.0 Å². The Kier molecular flexibility index (Phi) is 8.01. The van der Waals surface area contributed by atoms with E-state index in [9.17, 15) is 9.59 Å². The van der Waals surface area contributed by atoms with E-state index < -0.39 is 0 Å². The molecule has 28 heavy (non-hydrogen) atoms. The molecule has 1 aromatic heterocycles. The number of ketones is 1. The average molecular weight is 390 g/mol. The lowest BCUT2D eigenvalue weighted by molar-refractivity contribution is -0.127. The Morgan fingerprint density at radius 1 is 1.14 bits per heavy atom. The Hall–Kier alpha value is -2.87. The molecule has 0 spiro atoms. The van der Waals surface area contributed by atoms with Gasteiger partial charge in [-0.25, -0.2) is 4.98 Å². The normalized spacial score (nSPS) is 10.6. The highest BCUT2D eigenvalue weighted by atomic mass is 16.5. The van der Waals surface area contributed by atoms with Gasteiger partial charge in [-0.05, 0) is 31.5 Å². The number of nitrogens with zero attached hydrogens (tertiary/aromatic N) is 1. The number of carbonyl (C=O) groups excluding carboxylic acids is 2. The quantitative estimate of drug-likeness (QED) is 0.464. The van der Waals surface area contributed by atoms with Gasteiger partial charge < -0.3 is 23.9 Å². The van der Waals surface area contributed by atoms with E-state index in [-0.39, 0.29) is 24.5 Å². The molecule has 0 aliphatic carbocycles. The van der Waals surface area contributed by atoms with Gasteiger partial charge in [0.05, 0.1) is 32.8 Å². The van der Waals surface area contributed by atoms with Crippen LogP contribution in [0.2, 0.25) is 0 Å². The number of aromatic nitrogens is 1. The number of Topliss-reactive ketones (excluding diaryl/α,β-unsaturated/α-hetero) is 1. The van der Waals surface area contributed by atoms with Crippen LogP contribution in [0.5, 0.6) is 11.5 Å². The summed E-state index contributed by atoms with van der Waals surface area (Å²) in [7, 11) is 4.71. The van der Waals surface area contributed by atoms with E-state index in [0.717, 1.165) is 0 Å². The van der Waals surface area contributed by atoms with E-state index in [1.54, 1.807) is 46.5 Å². The minimum Gasteiger partial charge on any atom is -0.493 e. The third kappa shape index (κ3) is 5.82. The first-order valence-corrected chi connectivity index (χ1v) is 8.94. The van der Waals surface area contributed by atoms with Crippen LogP contribution in [-0.2, 0) is 20.7 Å². The first-order valence-electron chi connectivity index (χ1n) is 8.94. The summed E-state index contributed by atoms with van der Waals surface area (Å²) in [4.78, 5) is 28.4. The molecule has 0 unspecified atom stereocenters. The summed E-state index contributed by atoms with van der Waals surface area (Å²) in [6.45, 7) is 2.78. The number of hydrogen-bond acceptors (Lipinski definition) is 7. The molecule has 0 saturated carbocycles. The van der Waals surface area contributed by atoms with Gasteiger partial charge in [-0.15, -0.1) is 0 Å². The smallest absolute Gasteiger partial charge is 0.227 e. The van der Waals surface area contributed by atoms with E-state index in [1.807, 2.05) is 0 Å². The molecule has 0 fully saturated rings. The van der Waals surface area contributed by atoms with Gasteiger partial charge in [-0.1, -0.05) is 0 Å².